The lowest BCUT2D eigenvalue weighted by molar-refractivity contribution is -0.160. The average Bonchev–Trinajstić information content (AvgIpc) is 3.25. The van der Waals surface area contributed by atoms with Crippen molar-refractivity contribution in [3.63, 3.8) is 0 Å². The minimum absolute atomic E-state index is 0.249. The molecule has 2 saturated heterocycles. The lowest BCUT2D eigenvalue weighted by Gasteiger charge is -2.28. The maximum absolute atomic E-state index is 13.1. The van der Waals surface area contributed by atoms with E-state index in [-0.39, 0.29) is 28.3 Å². The van der Waals surface area contributed by atoms with Crippen molar-refractivity contribution < 1.29 is 28.2 Å². The van der Waals surface area contributed by atoms with Gasteiger partial charge < -0.3 is 23.5 Å². The number of rotatable bonds is 4. The molecular weight excluding hydrogens is 428 g/mol. The van der Waals surface area contributed by atoms with Crippen molar-refractivity contribution in [2.75, 3.05) is 44.9 Å². The van der Waals surface area contributed by atoms with Crippen molar-refractivity contribution in [1.82, 2.24) is 5.32 Å². The van der Waals surface area contributed by atoms with E-state index in [0.717, 1.165) is 0 Å². The summed E-state index contributed by atoms with van der Waals surface area (Å²) in [5.74, 6) is -0.733. The first-order valence-corrected chi connectivity index (χ1v) is 11.2. The van der Waals surface area contributed by atoms with Gasteiger partial charge in [-0.2, -0.15) is 0 Å². The number of hydrogen-bond acceptors (Lipinski definition) is 9. The Balaban J connectivity index is 1.83. The molecule has 178 valence electrons. The summed E-state index contributed by atoms with van der Waals surface area (Å²) in [4.78, 5) is 40.0. The van der Waals surface area contributed by atoms with Gasteiger partial charge in [0.2, 0.25) is 0 Å². The van der Waals surface area contributed by atoms with Crippen molar-refractivity contribution in [2.24, 2.45) is 5.41 Å². The number of methoxy groups -OCH3 is 1. The Kier molecular flexibility index (Phi) is 6.45. The Morgan fingerprint density at radius 3 is 2.55 bits per heavy atom. The van der Waals surface area contributed by atoms with Crippen LogP contribution in [0.25, 0.3) is 11.0 Å². The number of nitrogens with one attached hydrogen (secondary N) is 1. The van der Waals surface area contributed by atoms with Crippen LogP contribution >= 0.6 is 0 Å². The van der Waals surface area contributed by atoms with E-state index in [9.17, 15) is 14.4 Å². The zero-order valence-corrected chi connectivity index (χ0v) is 19.4. The molecule has 0 bridgehead atoms. The highest BCUT2D eigenvalue weighted by Gasteiger charge is 2.37. The summed E-state index contributed by atoms with van der Waals surface area (Å²) in [6, 6.07) is 4.62. The Bertz CT molecular complexity index is 1110. The van der Waals surface area contributed by atoms with Gasteiger partial charge in [0.1, 0.15) is 5.58 Å². The lowest BCUT2D eigenvalue weighted by atomic mass is 9.92. The molecule has 2 atom stereocenters. The molecular formula is C24H30N2O7. The molecule has 1 unspecified atom stereocenters. The van der Waals surface area contributed by atoms with Gasteiger partial charge in [-0.05, 0) is 45.9 Å². The molecule has 1 aromatic heterocycles. The van der Waals surface area contributed by atoms with Gasteiger partial charge in [-0.25, -0.2) is 4.79 Å². The number of anilines is 1. The van der Waals surface area contributed by atoms with Gasteiger partial charge in [0, 0.05) is 30.6 Å². The number of esters is 2. The maximum atomic E-state index is 13.1. The highest BCUT2D eigenvalue weighted by atomic mass is 16.6. The number of nitrogens with zero attached hydrogens (tertiary/aromatic N) is 1. The van der Waals surface area contributed by atoms with Crippen molar-refractivity contribution in [1.29, 1.82) is 0 Å². The zero-order valence-electron chi connectivity index (χ0n) is 19.4. The van der Waals surface area contributed by atoms with Crippen LogP contribution < -0.4 is 15.6 Å². The molecule has 4 rings (SSSR count). The van der Waals surface area contributed by atoms with E-state index in [2.05, 4.69) is 5.32 Å². The minimum Gasteiger partial charge on any atom is -0.465 e. The molecule has 0 saturated carbocycles. The molecule has 1 aromatic carbocycles. The van der Waals surface area contributed by atoms with E-state index in [4.69, 9.17) is 18.6 Å². The fourth-order valence-electron chi connectivity index (χ4n) is 4.13. The molecule has 0 spiro atoms. The summed E-state index contributed by atoms with van der Waals surface area (Å²) >= 11 is 0. The second kappa shape index (κ2) is 9.15. The summed E-state index contributed by atoms with van der Waals surface area (Å²) in [6.07, 6.45) is 0.0398. The molecule has 2 aliphatic heterocycles. The number of carbonyl (C=O) groups excluding carboxylic acids is 2. The Morgan fingerprint density at radius 1 is 1.15 bits per heavy atom. The monoisotopic (exact) mass is 458 g/mol. The Morgan fingerprint density at radius 2 is 1.88 bits per heavy atom. The summed E-state index contributed by atoms with van der Waals surface area (Å²) in [5, 5.41) is 3.51. The first-order chi connectivity index (χ1) is 15.7. The maximum Gasteiger partial charge on any atom is 0.337 e. The molecule has 2 aromatic rings. The van der Waals surface area contributed by atoms with Crippen molar-refractivity contribution in [3.05, 3.63) is 39.5 Å². The van der Waals surface area contributed by atoms with Crippen LogP contribution in [0, 0.1) is 5.41 Å². The van der Waals surface area contributed by atoms with Gasteiger partial charge in [0.05, 0.1) is 36.7 Å². The minimum atomic E-state index is -0.666. The van der Waals surface area contributed by atoms with Gasteiger partial charge in [0.25, 0.3) is 0 Å². The topological polar surface area (TPSA) is 107 Å². The molecule has 0 amide bonds. The SMILES string of the molecule is COC(=O)c1cc([C@@H]2CCNC2OC(=O)C(C)(C)C)c2oc(N3CCOCC3)cc(=O)c2c1. The molecule has 1 N–H and O–H groups in total. The second-order valence-corrected chi connectivity index (χ2v) is 9.41. The van der Waals surface area contributed by atoms with Crippen LogP contribution in [0.3, 0.4) is 0 Å². The van der Waals surface area contributed by atoms with E-state index in [0.29, 0.717) is 56.3 Å². The number of carbonyl (C=O) groups is 2. The van der Waals surface area contributed by atoms with E-state index in [1.165, 1.54) is 19.2 Å². The largest absolute Gasteiger partial charge is 0.465 e. The fourth-order valence-corrected chi connectivity index (χ4v) is 4.13. The van der Waals surface area contributed by atoms with E-state index < -0.39 is 17.6 Å². The highest BCUT2D eigenvalue weighted by molar-refractivity contribution is 5.95. The third-order valence-corrected chi connectivity index (χ3v) is 6.00. The molecule has 2 aliphatic rings. The van der Waals surface area contributed by atoms with Gasteiger partial charge >= 0.3 is 11.9 Å². The van der Waals surface area contributed by atoms with Crippen LogP contribution in [0.5, 0.6) is 0 Å². The quantitative estimate of drug-likeness (QED) is 0.691. The van der Waals surface area contributed by atoms with Gasteiger partial charge in [-0.3, -0.25) is 14.9 Å². The summed E-state index contributed by atoms with van der Waals surface area (Å²) < 4.78 is 22.4. The van der Waals surface area contributed by atoms with Crippen molar-refractivity contribution in [2.45, 2.75) is 39.3 Å². The standard InChI is InChI=1S/C24H30N2O7/c1-24(2,3)23(29)33-21-15(5-6-25-21)16-11-14(22(28)30-4)12-17-18(27)13-19(32-20(16)17)26-7-9-31-10-8-26/h11-13,15,21,25H,5-10H2,1-4H3/t15-,21?/m0/s1. The predicted octanol–water partition coefficient (Wildman–Crippen LogP) is 2.41. The molecule has 9 heteroatoms. The van der Waals surface area contributed by atoms with Gasteiger partial charge in [-0.15, -0.1) is 0 Å². The Labute approximate surface area is 192 Å². The first-order valence-electron chi connectivity index (χ1n) is 11.2. The number of benzene rings is 1. The molecule has 0 radical (unpaired) electrons. The number of hydrogen-bond donors (Lipinski definition) is 1. The second-order valence-electron chi connectivity index (χ2n) is 9.41. The number of ether oxygens (including phenoxy) is 3. The third kappa shape index (κ3) is 4.74. The predicted molar refractivity (Wildman–Crippen MR) is 122 cm³/mol. The van der Waals surface area contributed by atoms with Crippen LogP contribution in [0.15, 0.2) is 27.4 Å². The molecule has 0 aliphatic carbocycles. The molecule has 9 nitrogen and oxygen atoms in total. The first kappa shape index (κ1) is 23.3. The summed E-state index contributed by atoms with van der Waals surface area (Å²) in [7, 11) is 1.29. The van der Waals surface area contributed by atoms with Crippen LogP contribution in [0.1, 0.15) is 49.0 Å². The van der Waals surface area contributed by atoms with Crippen LogP contribution in [0.2, 0.25) is 0 Å². The highest BCUT2D eigenvalue weighted by Crippen LogP contribution is 2.36. The molecule has 33 heavy (non-hydrogen) atoms. The third-order valence-electron chi connectivity index (χ3n) is 6.00. The number of fused-ring (bicyclic) bond motifs is 1. The summed E-state index contributed by atoms with van der Waals surface area (Å²) in [6.45, 7) is 8.31. The summed E-state index contributed by atoms with van der Waals surface area (Å²) in [5.41, 5.74) is 0.359. The van der Waals surface area contributed by atoms with Crippen LogP contribution in [0.4, 0.5) is 5.88 Å². The number of morpholine rings is 1. The van der Waals surface area contributed by atoms with E-state index in [1.54, 1.807) is 26.8 Å². The van der Waals surface area contributed by atoms with Gasteiger partial charge in [-0.1, -0.05) is 0 Å². The Hall–Kier alpha value is -2.91. The van der Waals surface area contributed by atoms with E-state index >= 15 is 0 Å². The average molecular weight is 459 g/mol. The smallest absolute Gasteiger partial charge is 0.337 e. The van der Waals surface area contributed by atoms with Crippen LogP contribution in [-0.4, -0.2) is 58.1 Å². The van der Waals surface area contributed by atoms with Crippen molar-refractivity contribution in [3.8, 4) is 0 Å². The van der Waals surface area contributed by atoms with Crippen LogP contribution in [-0.2, 0) is 19.0 Å². The van der Waals surface area contributed by atoms with Crippen molar-refractivity contribution >= 4 is 28.8 Å². The normalized spacial score (nSPS) is 21.3. The molecule has 3 heterocycles. The lowest BCUT2D eigenvalue weighted by Crippen LogP contribution is -2.37. The molecule has 2 fully saturated rings. The van der Waals surface area contributed by atoms with Gasteiger partial charge in [0.15, 0.2) is 17.5 Å². The van der Waals surface area contributed by atoms with E-state index in [1.807, 2.05) is 4.90 Å². The zero-order chi connectivity index (χ0) is 23.8. The fraction of sp³-hybridized carbons (Fsp3) is 0.542.